The molecule has 4 aromatic rings. The van der Waals surface area contributed by atoms with E-state index < -0.39 is 31.6 Å². The summed E-state index contributed by atoms with van der Waals surface area (Å²) in [6.07, 6.45) is 1.68. The number of piperazine rings is 1. The van der Waals surface area contributed by atoms with Crippen LogP contribution in [-0.2, 0) is 33.0 Å². The monoisotopic (exact) mass is 716 g/mol. The summed E-state index contributed by atoms with van der Waals surface area (Å²) < 4.78 is 25.0. The van der Waals surface area contributed by atoms with E-state index in [0.29, 0.717) is 48.0 Å². The molecule has 1 aromatic heterocycles. The predicted octanol–water partition coefficient (Wildman–Crippen LogP) is 5.40. The molecular weight excluding hydrogens is 675 g/mol. The molecule has 50 heavy (non-hydrogen) atoms. The second-order valence-corrected chi connectivity index (χ2v) is 18.3. The first-order valence-electron chi connectivity index (χ1n) is 17.2. The molecule has 0 bridgehead atoms. The number of aryl methyl sites for hydroxylation is 1. The standard InChI is InChI=1S/C37H42ClFN6O4Si/c1-24-35(50(2,3)39)33(15-17-43-22-31(41-42-43)29(23-46)26-7-5-4-6-8-26)49-37(24)30-19-27(38)11-14-32(30)45(36(37)48)21-25-9-12-28(13-10-25)44-18-16-40-20-34(44)47/h4-14,19,22,24,29,33,35,40,46H,15-18,20-21,23H2,1-3H3/t24-,29?,33+,35-,37+/m1/s1. The topological polar surface area (TPSA) is 113 Å². The van der Waals surface area contributed by atoms with E-state index in [1.54, 1.807) is 39.7 Å². The minimum Gasteiger partial charge on any atom is -0.395 e. The molecule has 2 fully saturated rings. The molecule has 3 aliphatic heterocycles. The number of ether oxygens (including phenoxy) is 1. The Morgan fingerprint density at radius 3 is 2.58 bits per heavy atom. The zero-order chi connectivity index (χ0) is 35.2. The number of aliphatic hydroxyl groups is 1. The first-order valence-corrected chi connectivity index (χ1v) is 20.5. The van der Waals surface area contributed by atoms with E-state index in [1.807, 2.05) is 73.8 Å². The molecule has 13 heteroatoms. The summed E-state index contributed by atoms with van der Waals surface area (Å²) in [4.78, 5) is 30.7. The number of halogens is 2. The number of nitrogens with one attached hydrogen (secondary N) is 1. The number of fused-ring (bicyclic) bond motifs is 2. The largest absolute Gasteiger partial charge is 0.395 e. The zero-order valence-corrected chi connectivity index (χ0v) is 30.2. The maximum absolute atomic E-state index is 16.4. The van der Waals surface area contributed by atoms with Gasteiger partial charge in [0.25, 0.3) is 5.91 Å². The fourth-order valence-corrected chi connectivity index (χ4v) is 10.9. The summed E-state index contributed by atoms with van der Waals surface area (Å²) in [7, 11) is -3.38. The maximum atomic E-state index is 16.4. The molecule has 1 unspecified atom stereocenters. The average Bonchev–Trinajstić information content (AvgIpc) is 3.75. The molecule has 0 radical (unpaired) electrons. The SMILES string of the molecule is C[C@@H]1[C@@H]([Si](C)(C)F)[C@H](CCn2cc(C(CO)c3ccccc3)nn2)O[C@@]12C(=O)N(Cc1ccc(N3CCNCC3=O)cc1)c1ccc(Cl)cc12. The lowest BCUT2D eigenvalue weighted by Crippen LogP contribution is -2.48. The van der Waals surface area contributed by atoms with E-state index in [-0.39, 0.29) is 30.9 Å². The van der Waals surface area contributed by atoms with Crippen molar-refractivity contribution in [3.63, 3.8) is 0 Å². The van der Waals surface area contributed by atoms with Crippen LogP contribution in [0.2, 0.25) is 23.7 Å². The van der Waals surface area contributed by atoms with E-state index in [4.69, 9.17) is 16.3 Å². The second kappa shape index (κ2) is 13.6. The number of aromatic nitrogens is 3. The average molecular weight is 717 g/mol. The third-order valence-electron chi connectivity index (χ3n) is 10.5. The summed E-state index contributed by atoms with van der Waals surface area (Å²) in [5, 5.41) is 22.4. The smallest absolute Gasteiger partial charge is 0.264 e. The number of amides is 2. The van der Waals surface area contributed by atoms with Crippen LogP contribution in [0.5, 0.6) is 0 Å². The van der Waals surface area contributed by atoms with Crippen LogP contribution in [0.25, 0.3) is 0 Å². The molecule has 7 rings (SSSR count). The van der Waals surface area contributed by atoms with Crippen molar-refractivity contribution in [2.75, 3.05) is 36.0 Å². The Bertz CT molecular complexity index is 1870. The van der Waals surface area contributed by atoms with Crippen LogP contribution in [0.3, 0.4) is 0 Å². The van der Waals surface area contributed by atoms with Crippen LogP contribution in [0.1, 0.15) is 41.6 Å². The van der Waals surface area contributed by atoms with Crippen molar-refractivity contribution in [3.8, 4) is 0 Å². The van der Waals surface area contributed by atoms with E-state index in [9.17, 15) is 14.7 Å². The summed E-state index contributed by atoms with van der Waals surface area (Å²) in [6, 6.07) is 22.7. The molecule has 0 saturated carbocycles. The highest BCUT2D eigenvalue weighted by Gasteiger charge is 2.66. The molecule has 2 amide bonds. The third kappa shape index (κ3) is 6.17. The van der Waals surface area contributed by atoms with Crippen LogP contribution in [-0.4, -0.2) is 72.7 Å². The van der Waals surface area contributed by atoms with E-state index >= 15 is 4.11 Å². The highest BCUT2D eigenvalue weighted by molar-refractivity contribution is 6.72. The normalized spacial score (nSPS) is 24.3. The van der Waals surface area contributed by atoms with Gasteiger partial charge in [-0.15, -0.1) is 5.10 Å². The quantitative estimate of drug-likeness (QED) is 0.167. The van der Waals surface area contributed by atoms with Crippen LogP contribution >= 0.6 is 11.6 Å². The van der Waals surface area contributed by atoms with Gasteiger partial charge in [-0.3, -0.25) is 14.3 Å². The first kappa shape index (κ1) is 34.5. The van der Waals surface area contributed by atoms with Gasteiger partial charge in [-0.05, 0) is 61.0 Å². The van der Waals surface area contributed by atoms with Crippen molar-refractivity contribution in [1.82, 2.24) is 20.3 Å². The summed E-state index contributed by atoms with van der Waals surface area (Å²) in [5.74, 6) is -0.984. The minimum absolute atomic E-state index is 0.0214. The van der Waals surface area contributed by atoms with Crippen LogP contribution in [0, 0.1) is 5.92 Å². The van der Waals surface area contributed by atoms with Gasteiger partial charge in [0.1, 0.15) is 0 Å². The number of hydrogen-bond donors (Lipinski definition) is 2. The lowest BCUT2D eigenvalue weighted by Gasteiger charge is -2.31. The van der Waals surface area contributed by atoms with Crippen molar-refractivity contribution in [2.24, 2.45) is 5.92 Å². The van der Waals surface area contributed by atoms with Crippen LogP contribution in [0.4, 0.5) is 15.5 Å². The summed E-state index contributed by atoms with van der Waals surface area (Å²) in [5.41, 5.74) is 2.76. The Kier molecular flexibility index (Phi) is 9.42. The lowest BCUT2D eigenvalue weighted by atomic mass is 9.82. The van der Waals surface area contributed by atoms with Crippen molar-refractivity contribution in [2.45, 2.75) is 62.7 Å². The van der Waals surface area contributed by atoms with Gasteiger partial charge in [0.05, 0.1) is 43.1 Å². The van der Waals surface area contributed by atoms with Gasteiger partial charge in [-0.1, -0.05) is 66.2 Å². The Morgan fingerprint density at radius 1 is 1.12 bits per heavy atom. The highest BCUT2D eigenvalue weighted by atomic mass is 35.5. The van der Waals surface area contributed by atoms with E-state index in [0.717, 1.165) is 23.4 Å². The lowest BCUT2D eigenvalue weighted by molar-refractivity contribution is -0.146. The molecule has 262 valence electrons. The molecule has 2 N–H and O–H groups in total. The van der Waals surface area contributed by atoms with Gasteiger partial charge in [-0.2, -0.15) is 0 Å². The number of hydrogen-bond acceptors (Lipinski definition) is 7. The predicted molar refractivity (Wildman–Crippen MR) is 192 cm³/mol. The fraction of sp³-hybridized carbons (Fsp3) is 0.405. The van der Waals surface area contributed by atoms with Crippen molar-refractivity contribution in [1.29, 1.82) is 0 Å². The molecule has 4 heterocycles. The second-order valence-electron chi connectivity index (χ2n) is 14.1. The van der Waals surface area contributed by atoms with Crippen LogP contribution < -0.4 is 15.1 Å². The number of carbonyl (C=O) groups is 2. The van der Waals surface area contributed by atoms with Crippen molar-refractivity contribution >= 4 is 43.2 Å². The van der Waals surface area contributed by atoms with Gasteiger partial charge in [0.15, 0.2) is 5.60 Å². The van der Waals surface area contributed by atoms with E-state index in [1.165, 1.54) is 0 Å². The number of benzene rings is 3. The van der Waals surface area contributed by atoms with Gasteiger partial charge in [0.2, 0.25) is 14.3 Å². The zero-order valence-electron chi connectivity index (χ0n) is 28.4. The van der Waals surface area contributed by atoms with Crippen LogP contribution in [0.15, 0.2) is 79.0 Å². The Balaban J connectivity index is 1.15. The molecule has 2 saturated heterocycles. The summed E-state index contributed by atoms with van der Waals surface area (Å²) in [6.45, 7) is 7.51. The Morgan fingerprint density at radius 2 is 1.88 bits per heavy atom. The van der Waals surface area contributed by atoms with Crippen molar-refractivity contribution in [3.05, 3.63) is 106 Å². The number of aliphatic hydroxyl groups excluding tert-OH is 1. The Labute approximate surface area is 297 Å². The van der Waals surface area contributed by atoms with Crippen molar-refractivity contribution < 1.29 is 23.5 Å². The first-order chi connectivity index (χ1) is 24.0. The minimum atomic E-state index is -3.38. The maximum Gasteiger partial charge on any atom is 0.264 e. The summed E-state index contributed by atoms with van der Waals surface area (Å²) >= 11 is 6.56. The number of carbonyl (C=O) groups excluding carboxylic acids is 2. The molecule has 0 aliphatic carbocycles. The molecule has 10 nitrogen and oxygen atoms in total. The van der Waals surface area contributed by atoms with Gasteiger partial charge >= 0.3 is 0 Å². The third-order valence-corrected chi connectivity index (χ3v) is 13.2. The molecule has 3 aromatic carbocycles. The fourth-order valence-electron chi connectivity index (χ4n) is 8.19. The Hall–Kier alpha value is -3.94. The molecule has 3 aliphatic rings. The highest BCUT2D eigenvalue weighted by Crippen LogP contribution is 2.60. The number of rotatable bonds is 10. The molecular formula is C37H42ClFN6O4Si. The number of anilines is 2. The van der Waals surface area contributed by atoms with Gasteiger partial charge in [-0.25, -0.2) is 0 Å². The molecule has 5 atom stereocenters. The van der Waals surface area contributed by atoms with Gasteiger partial charge in [0, 0.05) is 53.6 Å². The molecule has 1 spiro atoms. The van der Waals surface area contributed by atoms with E-state index in [2.05, 4.69) is 15.6 Å². The van der Waals surface area contributed by atoms with Gasteiger partial charge < -0.3 is 29.1 Å². The number of nitrogens with zero attached hydrogens (tertiary/aromatic N) is 5.